The minimum atomic E-state index is -0.223. The van der Waals surface area contributed by atoms with E-state index in [1.54, 1.807) is 0 Å². The van der Waals surface area contributed by atoms with E-state index in [0.717, 1.165) is 19.3 Å². The highest BCUT2D eigenvalue weighted by Gasteiger charge is 2.34. The van der Waals surface area contributed by atoms with Crippen molar-refractivity contribution in [2.24, 2.45) is 5.73 Å². The van der Waals surface area contributed by atoms with Gasteiger partial charge in [-0.1, -0.05) is 0 Å². The van der Waals surface area contributed by atoms with Crippen LogP contribution in [0.3, 0.4) is 0 Å². The smallest absolute Gasteiger partial charge is 0.221 e. The van der Waals surface area contributed by atoms with Crippen molar-refractivity contribution in [2.45, 2.75) is 51.2 Å². The molecule has 0 heterocycles. The molecule has 4 heteroatoms. The quantitative estimate of drug-likeness (QED) is 0.687. The van der Waals surface area contributed by atoms with Gasteiger partial charge in [0.05, 0.1) is 6.10 Å². The third kappa shape index (κ3) is 4.18. The molecule has 1 aliphatic rings. The first-order chi connectivity index (χ1) is 7.06. The Labute approximate surface area is 91.5 Å². The van der Waals surface area contributed by atoms with Crippen LogP contribution in [0, 0.1) is 0 Å². The Morgan fingerprint density at radius 3 is 2.73 bits per heavy atom. The molecule has 0 aliphatic heterocycles. The maximum atomic E-state index is 11.5. The Morgan fingerprint density at radius 1 is 1.60 bits per heavy atom. The largest absolute Gasteiger partial charge is 0.377 e. The van der Waals surface area contributed by atoms with Crippen LogP contribution in [0.25, 0.3) is 0 Å². The molecule has 0 aromatic carbocycles. The summed E-state index contributed by atoms with van der Waals surface area (Å²) in [7, 11) is 0. The number of nitrogens with two attached hydrogens (primary N) is 1. The predicted molar refractivity (Wildman–Crippen MR) is 59.5 cm³/mol. The third-order valence-electron chi connectivity index (χ3n) is 2.90. The maximum Gasteiger partial charge on any atom is 0.221 e. The van der Waals surface area contributed by atoms with E-state index >= 15 is 0 Å². The van der Waals surface area contributed by atoms with Crippen LogP contribution >= 0.6 is 0 Å². The van der Waals surface area contributed by atoms with Gasteiger partial charge in [0.15, 0.2) is 0 Å². The number of ether oxygens (including phenoxy) is 1. The molecular weight excluding hydrogens is 192 g/mol. The number of rotatable bonds is 6. The lowest BCUT2D eigenvalue weighted by Gasteiger charge is -2.37. The van der Waals surface area contributed by atoms with Crippen molar-refractivity contribution < 1.29 is 9.53 Å². The van der Waals surface area contributed by atoms with Crippen LogP contribution < -0.4 is 11.1 Å². The Kier molecular flexibility index (Phi) is 4.54. The Hall–Kier alpha value is -0.610. The Morgan fingerprint density at radius 2 is 2.27 bits per heavy atom. The van der Waals surface area contributed by atoms with Gasteiger partial charge in [-0.2, -0.15) is 0 Å². The van der Waals surface area contributed by atoms with E-state index in [2.05, 4.69) is 5.32 Å². The standard InChI is InChI=1S/C11H22N2O2/c1-3-15-9(2)8-13-10(14)7-11(12)5-4-6-11/h9H,3-8,12H2,1-2H3,(H,13,14). The minimum Gasteiger partial charge on any atom is -0.377 e. The summed E-state index contributed by atoms with van der Waals surface area (Å²) >= 11 is 0. The molecule has 1 fully saturated rings. The van der Waals surface area contributed by atoms with Gasteiger partial charge in [0.25, 0.3) is 0 Å². The molecular formula is C11H22N2O2. The summed E-state index contributed by atoms with van der Waals surface area (Å²) in [6.07, 6.45) is 3.63. The molecule has 1 unspecified atom stereocenters. The van der Waals surface area contributed by atoms with Crippen molar-refractivity contribution in [2.75, 3.05) is 13.2 Å². The second kappa shape index (κ2) is 5.47. The molecule has 1 aliphatic carbocycles. The molecule has 0 aromatic heterocycles. The molecule has 0 radical (unpaired) electrons. The lowest BCUT2D eigenvalue weighted by molar-refractivity contribution is -0.123. The first-order valence-electron chi connectivity index (χ1n) is 5.73. The minimum absolute atomic E-state index is 0.0451. The van der Waals surface area contributed by atoms with E-state index < -0.39 is 0 Å². The summed E-state index contributed by atoms with van der Waals surface area (Å²) in [6.45, 7) is 5.15. The van der Waals surface area contributed by atoms with Crippen LogP contribution in [0.4, 0.5) is 0 Å². The van der Waals surface area contributed by atoms with Crippen LogP contribution in [-0.2, 0) is 9.53 Å². The maximum absolute atomic E-state index is 11.5. The molecule has 15 heavy (non-hydrogen) atoms. The summed E-state index contributed by atoms with van der Waals surface area (Å²) in [4.78, 5) is 11.5. The average Bonchev–Trinajstić information content (AvgIpc) is 2.13. The van der Waals surface area contributed by atoms with Gasteiger partial charge in [-0.3, -0.25) is 4.79 Å². The van der Waals surface area contributed by atoms with Gasteiger partial charge in [-0.05, 0) is 33.1 Å². The fraction of sp³-hybridized carbons (Fsp3) is 0.909. The molecule has 1 amide bonds. The fourth-order valence-corrected chi connectivity index (χ4v) is 1.79. The lowest BCUT2D eigenvalue weighted by Crippen LogP contribution is -2.50. The van der Waals surface area contributed by atoms with Crippen molar-refractivity contribution in [1.82, 2.24) is 5.32 Å². The second-order valence-corrected chi connectivity index (χ2v) is 4.46. The van der Waals surface area contributed by atoms with E-state index in [-0.39, 0.29) is 17.6 Å². The SMILES string of the molecule is CCOC(C)CNC(=O)CC1(N)CCC1. The molecule has 1 rings (SSSR count). The number of nitrogens with one attached hydrogen (secondary N) is 1. The van der Waals surface area contributed by atoms with E-state index in [1.807, 2.05) is 13.8 Å². The first kappa shape index (κ1) is 12.5. The number of hydrogen-bond donors (Lipinski definition) is 2. The van der Waals surface area contributed by atoms with Gasteiger partial charge in [-0.15, -0.1) is 0 Å². The highest BCUT2D eigenvalue weighted by atomic mass is 16.5. The van der Waals surface area contributed by atoms with Crippen molar-refractivity contribution in [3.63, 3.8) is 0 Å². The molecule has 0 spiro atoms. The molecule has 3 N–H and O–H groups in total. The van der Waals surface area contributed by atoms with Crippen LogP contribution in [0.2, 0.25) is 0 Å². The predicted octanol–water partition coefficient (Wildman–Crippen LogP) is 0.799. The summed E-state index contributed by atoms with van der Waals surface area (Å²) in [6, 6.07) is 0. The number of carbonyl (C=O) groups excluding carboxylic acids is 1. The van der Waals surface area contributed by atoms with Crippen molar-refractivity contribution in [3.8, 4) is 0 Å². The normalized spacial score (nSPS) is 20.5. The monoisotopic (exact) mass is 214 g/mol. The van der Waals surface area contributed by atoms with E-state index in [0.29, 0.717) is 19.6 Å². The van der Waals surface area contributed by atoms with Crippen LogP contribution in [0.1, 0.15) is 39.5 Å². The number of amides is 1. The zero-order valence-corrected chi connectivity index (χ0v) is 9.71. The summed E-state index contributed by atoms with van der Waals surface area (Å²) in [5, 5.41) is 2.85. The summed E-state index contributed by atoms with van der Waals surface area (Å²) < 4.78 is 5.32. The van der Waals surface area contributed by atoms with Gasteiger partial charge in [-0.25, -0.2) is 0 Å². The van der Waals surface area contributed by atoms with Crippen molar-refractivity contribution in [3.05, 3.63) is 0 Å². The highest BCUT2D eigenvalue weighted by Crippen LogP contribution is 2.31. The molecule has 0 aromatic rings. The summed E-state index contributed by atoms with van der Waals surface area (Å²) in [5.41, 5.74) is 5.75. The van der Waals surface area contributed by atoms with Crippen LogP contribution in [-0.4, -0.2) is 30.7 Å². The van der Waals surface area contributed by atoms with Crippen molar-refractivity contribution >= 4 is 5.91 Å². The first-order valence-corrected chi connectivity index (χ1v) is 5.73. The average molecular weight is 214 g/mol. The zero-order valence-electron chi connectivity index (χ0n) is 9.71. The summed E-state index contributed by atoms with van der Waals surface area (Å²) in [5.74, 6) is 0.0451. The van der Waals surface area contributed by atoms with Crippen LogP contribution in [0.5, 0.6) is 0 Å². The molecule has 88 valence electrons. The highest BCUT2D eigenvalue weighted by molar-refractivity contribution is 5.77. The molecule has 0 saturated heterocycles. The topological polar surface area (TPSA) is 64.3 Å². The third-order valence-corrected chi connectivity index (χ3v) is 2.90. The number of hydrogen-bond acceptors (Lipinski definition) is 3. The second-order valence-electron chi connectivity index (χ2n) is 4.46. The Balaban J connectivity index is 2.13. The Bertz CT molecular complexity index is 215. The van der Waals surface area contributed by atoms with E-state index in [4.69, 9.17) is 10.5 Å². The molecule has 4 nitrogen and oxygen atoms in total. The van der Waals surface area contributed by atoms with Gasteiger partial charge >= 0.3 is 0 Å². The molecule has 0 bridgehead atoms. The van der Waals surface area contributed by atoms with E-state index in [1.165, 1.54) is 0 Å². The molecule has 1 saturated carbocycles. The van der Waals surface area contributed by atoms with Gasteiger partial charge in [0.1, 0.15) is 0 Å². The zero-order chi connectivity index (χ0) is 11.3. The molecule has 1 atom stereocenters. The van der Waals surface area contributed by atoms with Gasteiger partial charge < -0.3 is 15.8 Å². The fourth-order valence-electron chi connectivity index (χ4n) is 1.79. The van der Waals surface area contributed by atoms with Crippen molar-refractivity contribution in [1.29, 1.82) is 0 Å². The lowest BCUT2D eigenvalue weighted by atomic mass is 9.75. The van der Waals surface area contributed by atoms with Gasteiger partial charge in [0, 0.05) is 25.1 Å². The number of carbonyl (C=O) groups is 1. The van der Waals surface area contributed by atoms with E-state index in [9.17, 15) is 4.79 Å². The van der Waals surface area contributed by atoms with Crippen LogP contribution in [0.15, 0.2) is 0 Å². The van der Waals surface area contributed by atoms with Gasteiger partial charge in [0.2, 0.25) is 5.91 Å².